The van der Waals surface area contributed by atoms with Crippen LogP contribution in [0.4, 0.5) is 0 Å². The van der Waals surface area contributed by atoms with Crippen molar-refractivity contribution < 1.29 is 43.1 Å². The van der Waals surface area contributed by atoms with E-state index in [2.05, 4.69) is 43.5 Å². The number of nitrogens with one attached hydrogen (secondary N) is 1. The van der Waals surface area contributed by atoms with Gasteiger partial charge in [0.15, 0.2) is 0 Å². The molecule has 0 radical (unpaired) electrons. The first-order valence-electron chi connectivity index (χ1n) is 21.2. The molecule has 0 aromatic heterocycles. The number of aliphatic hydroxyl groups is 3. The number of carbonyl (C=O) groups excluding carboxylic acids is 1. The highest BCUT2D eigenvalue weighted by Gasteiger charge is 2.23. The molecule has 11 heteroatoms. The first-order chi connectivity index (χ1) is 25.8. The lowest BCUT2D eigenvalue weighted by Gasteiger charge is -2.29. The van der Waals surface area contributed by atoms with Crippen LogP contribution in [0.25, 0.3) is 0 Å². The average molecular weight is 785 g/mol. The van der Waals surface area contributed by atoms with Gasteiger partial charge in [0.2, 0.25) is 5.91 Å². The number of likely N-dealkylation sites (N-methyl/N-ethyl adjacent to an activating group) is 1. The number of hydrogen-bond donors (Lipinski definition) is 4. The third-order valence-electron chi connectivity index (χ3n) is 9.23. The summed E-state index contributed by atoms with van der Waals surface area (Å²) < 4.78 is 23.0. The van der Waals surface area contributed by atoms with E-state index >= 15 is 0 Å². The Bertz CT molecular complexity index is 1060. The van der Waals surface area contributed by atoms with Gasteiger partial charge in [0.1, 0.15) is 13.2 Å². The Morgan fingerprint density at radius 3 is 1.83 bits per heavy atom. The second kappa shape index (κ2) is 34.6. The molecule has 10 nitrogen and oxygen atoms in total. The van der Waals surface area contributed by atoms with Crippen molar-refractivity contribution in [1.29, 1.82) is 0 Å². The predicted octanol–water partition coefficient (Wildman–Crippen LogP) is 8.61. The molecule has 0 fully saturated rings. The second-order valence-corrected chi connectivity index (χ2v) is 17.1. The zero-order valence-electron chi connectivity index (χ0n) is 34.9. The van der Waals surface area contributed by atoms with E-state index in [9.17, 15) is 29.6 Å². The maximum Gasteiger partial charge on any atom is 0.268 e. The molecule has 316 valence electrons. The first-order valence-corrected chi connectivity index (χ1v) is 22.6. The van der Waals surface area contributed by atoms with E-state index in [-0.39, 0.29) is 19.4 Å². The molecule has 0 aromatic carbocycles. The van der Waals surface area contributed by atoms with Crippen molar-refractivity contribution in [2.75, 3.05) is 40.9 Å². The molecule has 54 heavy (non-hydrogen) atoms. The van der Waals surface area contributed by atoms with E-state index in [1.54, 1.807) is 6.08 Å². The van der Waals surface area contributed by atoms with Crippen molar-refractivity contribution in [3.8, 4) is 0 Å². The molecule has 1 amide bonds. The van der Waals surface area contributed by atoms with Crippen molar-refractivity contribution in [2.45, 2.75) is 179 Å². The third-order valence-corrected chi connectivity index (χ3v) is 10.2. The van der Waals surface area contributed by atoms with Crippen molar-refractivity contribution in [3.63, 3.8) is 0 Å². The maximum atomic E-state index is 12.9. The van der Waals surface area contributed by atoms with Crippen LogP contribution in [0, 0.1) is 0 Å². The van der Waals surface area contributed by atoms with Crippen LogP contribution in [-0.4, -0.2) is 91.0 Å². The summed E-state index contributed by atoms with van der Waals surface area (Å²) in [7, 11) is 1.08. The van der Waals surface area contributed by atoms with Crippen molar-refractivity contribution in [3.05, 3.63) is 48.6 Å². The summed E-state index contributed by atoms with van der Waals surface area (Å²) in [5, 5.41) is 34.4. The number of allylic oxidation sites excluding steroid dienone is 6. The lowest BCUT2D eigenvalue weighted by atomic mass is 10.0. The fraction of sp³-hybridized carbons (Fsp3) is 0.791. The topological polar surface area (TPSA) is 148 Å². The summed E-state index contributed by atoms with van der Waals surface area (Å²) >= 11 is 0. The number of quaternary nitrogens is 1. The van der Waals surface area contributed by atoms with E-state index in [1.807, 2.05) is 39.4 Å². The Labute approximate surface area is 330 Å². The fourth-order valence-corrected chi connectivity index (χ4v) is 6.39. The van der Waals surface area contributed by atoms with Gasteiger partial charge < -0.3 is 39.1 Å². The molecule has 0 aliphatic carbocycles. The van der Waals surface area contributed by atoms with E-state index in [1.165, 1.54) is 77.0 Å². The molecular formula is C43H81N2O8P. The molecule has 0 aliphatic rings. The van der Waals surface area contributed by atoms with Crippen LogP contribution >= 0.6 is 7.82 Å². The van der Waals surface area contributed by atoms with Gasteiger partial charge in [-0.2, -0.15) is 0 Å². The number of unbranched alkanes of at least 4 members (excludes halogenated alkanes) is 14. The van der Waals surface area contributed by atoms with Gasteiger partial charge in [-0.15, -0.1) is 0 Å². The molecule has 5 atom stereocenters. The first kappa shape index (κ1) is 52.4. The molecule has 0 aliphatic heterocycles. The van der Waals surface area contributed by atoms with Crippen molar-refractivity contribution in [1.82, 2.24) is 5.32 Å². The Morgan fingerprint density at radius 2 is 1.22 bits per heavy atom. The molecule has 0 bridgehead atoms. The van der Waals surface area contributed by atoms with Gasteiger partial charge >= 0.3 is 0 Å². The number of amides is 1. The maximum absolute atomic E-state index is 12.9. The molecule has 0 spiro atoms. The summed E-state index contributed by atoms with van der Waals surface area (Å²) in [4.78, 5) is 25.3. The van der Waals surface area contributed by atoms with Crippen LogP contribution in [0.2, 0.25) is 0 Å². The van der Waals surface area contributed by atoms with Gasteiger partial charge in [-0.25, -0.2) is 0 Å². The monoisotopic (exact) mass is 785 g/mol. The zero-order valence-corrected chi connectivity index (χ0v) is 35.8. The Balaban J connectivity index is 4.75. The number of carbonyl (C=O) groups is 1. The highest BCUT2D eigenvalue weighted by molar-refractivity contribution is 7.45. The third kappa shape index (κ3) is 34.8. The largest absolute Gasteiger partial charge is 0.756 e. The Morgan fingerprint density at radius 1 is 0.704 bits per heavy atom. The lowest BCUT2D eigenvalue weighted by molar-refractivity contribution is -0.870. The second-order valence-electron chi connectivity index (χ2n) is 15.7. The SMILES string of the molecule is CCCCC/C=C\C/C=C\C/C=C\CC(O)C(O)CCCC(=O)N[C@@H](COP(=O)([O-])OCC[N+](C)(C)C)[C@H](O)/C=C/CCCCCCCCCCCCC. The van der Waals surface area contributed by atoms with Gasteiger partial charge in [-0.05, 0) is 57.8 Å². The molecular weight excluding hydrogens is 703 g/mol. The van der Waals surface area contributed by atoms with Gasteiger partial charge in [-0.3, -0.25) is 9.36 Å². The molecule has 4 N–H and O–H groups in total. The number of rotatable bonds is 37. The van der Waals surface area contributed by atoms with Crippen LogP contribution in [0.1, 0.15) is 155 Å². The minimum absolute atomic E-state index is 0.0260. The summed E-state index contributed by atoms with van der Waals surface area (Å²) in [6, 6.07) is -1.02. The van der Waals surface area contributed by atoms with E-state index in [0.717, 1.165) is 38.5 Å². The van der Waals surface area contributed by atoms with Gasteiger partial charge in [0.25, 0.3) is 7.82 Å². The average Bonchev–Trinajstić information content (AvgIpc) is 3.11. The van der Waals surface area contributed by atoms with Crippen LogP contribution < -0.4 is 10.2 Å². The standard InChI is InChI=1S/C43H81N2O8P/c1-6-8-10-12-14-16-18-20-22-23-25-27-29-32-40(46)39(38-53-54(50,51)52-37-36-45(3,4)5)44-43(49)35-31-34-42(48)41(47)33-30-28-26-24-21-19-17-15-13-11-9-7-2/h15,17,21,24,28-30,32,39-42,46-48H,6-14,16,18-20,22-23,25-27,31,33-38H2,1-5H3,(H-,44,49,50,51)/b17-15-,24-21-,30-28-,32-29+/t39-,40+,41?,42?/m0/s1. The molecule has 0 heterocycles. The minimum Gasteiger partial charge on any atom is -0.756 e. The molecule has 0 saturated heterocycles. The number of nitrogens with zero attached hydrogens (tertiary/aromatic N) is 1. The highest BCUT2D eigenvalue weighted by Crippen LogP contribution is 2.38. The number of phosphoric ester groups is 1. The van der Waals surface area contributed by atoms with Gasteiger partial charge in [0.05, 0.1) is 52.1 Å². The van der Waals surface area contributed by atoms with E-state index < -0.39 is 44.7 Å². The van der Waals surface area contributed by atoms with E-state index in [0.29, 0.717) is 23.9 Å². The predicted molar refractivity (Wildman–Crippen MR) is 222 cm³/mol. The molecule has 0 saturated carbocycles. The Hall–Kier alpha value is -1.62. The number of hydrogen-bond acceptors (Lipinski definition) is 8. The summed E-state index contributed by atoms with van der Waals surface area (Å²) in [6.45, 7) is 4.35. The summed E-state index contributed by atoms with van der Waals surface area (Å²) in [6.07, 6.45) is 34.6. The normalized spacial score (nSPS) is 16.1. The molecule has 0 rings (SSSR count). The van der Waals surface area contributed by atoms with Crippen molar-refractivity contribution in [2.24, 2.45) is 0 Å². The number of phosphoric acid groups is 1. The van der Waals surface area contributed by atoms with Crippen molar-refractivity contribution >= 4 is 13.7 Å². The summed E-state index contributed by atoms with van der Waals surface area (Å²) in [5.74, 6) is -0.419. The highest BCUT2D eigenvalue weighted by atomic mass is 31.2. The van der Waals surface area contributed by atoms with Crippen LogP contribution in [-0.2, 0) is 18.4 Å². The molecule has 3 unspecified atom stereocenters. The van der Waals surface area contributed by atoms with Crippen LogP contribution in [0.5, 0.6) is 0 Å². The molecule has 0 aromatic rings. The zero-order chi connectivity index (χ0) is 40.3. The number of aliphatic hydroxyl groups excluding tert-OH is 3. The lowest BCUT2D eigenvalue weighted by Crippen LogP contribution is -2.46. The fourth-order valence-electron chi connectivity index (χ4n) is 5.67. The minimum atomic E-state index is -4.67. The quantitative estimate of drug-likeness (QED) is 0.0212. The van der Waals surface area contributed by atoms with Gasteiger partial charge in [-0.1, -0.05) is 140 Å². The van der Waals surface area contributed by atoms with E-state index in [4.69, 9.17) is 9.05 Å². The Kier molecular flexibility index (Phi) is 33.6. The van der Waals surface area contributed by atoms with Gasteiger partial charge in [0, 0.05) is 6.42 Å². The smallest absolute Gasteiger partial charge is 0.268 e. The summed E-state index contributed by atoms with van der Waals surface area (Å²) in [5.41, 5.74) is 0. The van der Waals surface area contributed by atoms with Crippen LogP contribution in [0.15, 0.2) is 48.6 Å². The van der Waals surface area contributed by atoms with Crippen LogP contribution in [0.3, 0.4) is 0 Å².